The van der Waals surface area contributed by atoms with Crippen LogP contribution in [0.3, 0.4) is 0 Å². The van der Waals surface area contributed by atoms with Crippen molar-refractivity contribution in [1.82, 2.24) is 5.32 Å². The van der Waals surface area contributed by atoms with Gasteiger partial charge in [-0.15, -0.1) is 0 Å². The van der Waals surface area contributed by atoms with Crippen LogP contribution in [0.5, 0.6) is 0 Å². The summed E-state index contributed by atoms with van der Waals surface area (Å²) in [6.45, 7) is 4.02. The van der Waals surface area contributed by atoms with Crippen LogP contribution in [0.2, 0.25) is 10.0 Å². The van der Waals surface area contributed by atoms with E-state index in [0.717, 1.165) is 24.0 Å². The monoisotopic (exact) mass is 385 g/mol. The van der Waals surface area contributed by atoms with E-state index in [1.165, 1.54) is 11.1 Å². The van der Waals surface area contributed by atoms with Gasteiger partial charge in [0, 0.05) is 16.9 Å². The van der Waals surface area contributed by atoms with E-state index < -0.39 is 0 Å². The van der Waals surface area contributed by atoms with Crippen molar-refractivity contribution >= 4 is 39.1 Å². The van der Waals surface area contributed by atoms with Crippen molar-refractivity contribution in [3.8, 4) is 0 Å². The third kappa shape index (κ3) is 5.00. The summed E-state index contributed by atoms with van der Waals surface area (Å²) in [6, 6.07) is 14.3. The first kappa shape index (κ1) is 16.8. The number of hydrogen-bond donors (Lipinski definition) is 1. The maximum absolute atomic E-state index is 6.12. The van der Waals surface area contributed by atoms with Gasteiger partial charge < -0.3 is 5.32 Å². The highest BCUT2D eigenvalue weighted by atomic mass is 79.9. The molecule has 0 saturated heterocycles. The Morgan fingerprint density at radius 3 is 2.57 bits per heavy atom. The lowest BCUT2D eigenvalue weighted by Gasteiger charge is -2.18. The second-order valence-electron chi connectivity index (χ2n) is 5.01. The van der Waals surface area contributed by atoms with Gasteiger partial charge in [-0.05, 0) is 48.4 Å². The Balaban J connectivity index is 2.21. The van der Waals surface area contributed by atoms with Gasteiger partial charge in [0.2, 0.25) is 0 Å². The van der Waals surface area contributed by atoms with Crippen LogP contribution in [0.25, 0.3) is 0 Å². The van der Waals surface area contributed by atoms with Gasteiger partial charge >= 0.3 is 0 Å². The second-order valence-corrected chi connectivity index (χ2v) is 6.74. The summed E-state index contributed by atoms with van der Waals surface area (Å²) in [5.41, 5.74) is 2.52. The zero-order chi connectivity index (χ0) is 15.2. The third-order valence-electron chi connectivity index (χ3n) is 3.43. The van der Waals surface area contributed by atoms with Crippen LogP contribution in [0, 0.1) is 0 Å². The lowest BCUT2D eigenvalue weighted by molar-refractivity contribution is 0.595. The highest BCUT2D eigenvalue weighted by molar-refractivity contribution is 9.10. The molecule has 4 heteroatoms. The fourth-order valence-electron chi connectivity index (χ4n) is 2.34. The predicted molar refractivity (Wildman–Crippen MR) is 95.6 cm³/mol. The molecule has 0 radical (unpaired) electrons. The lowest BCUT2D eigenvalue weighted by Crippen LogP contribution is -2.22. The van der Waals surface area contributed by atoms with Gasteiger partial charge in [0.05, 0.1) is 10.0 Å². The molecule has 0 fully saturated rings. The zero-order valence-corrected chi connectivity index (χ0v) is 15.0. The van der Waals surface area contributed by atoms with E-state index in [0.29, 0.717) is 16.0 Å². The van der Waals surface area contributed by atoms with Crippen LogP contribution in [0.4, 0.5) is 0 Å². The number of rotatable bonds is 6. The second kappa shape index (κ2) is 8.19. The molecule has 0 amide bonds. The first-order chi connectivity index (χ1) is 10.1. The quantitative estimate of drug-likeness (QED) is 0.672. The molecule has 1 unspecified atom stereocenters. The standard InChI is InChI=1S/C17H18BrCl2N/c1-2-21-11-14(13-4-3-5-15(18)10-13)8-12-6-7-16(19)17(20)9-12/h3-7,9-10,14,21H,2,8,11H2,1H3. The topological polar surface area (TPSA) is 12.0 Å². The molecule has 21 heavy (non-hydrogen) atoms. The van der Waals surface area contributed by atoms with Crippen molar-refractivity contribution in [2.24, 2.45) is 0 Å². The average molecular weight is 387 g/mol. The van der Waals surface area contributed by atoms with Crippen LogP contribution in [-0.4, -0.2) is 13.1 Å². The number of likely N-dealkylation sites (N-methyl/N-ethyl adjacent to an activating group) is 1. The fraction of sp³-hybridized carbons (Fsp3) is 0.294. The molecule has 112 valence electrons. The Hall–Kier alpha value is -0.540. The molecule has 2 rings (SSSR count). The van der Waals surface area contributed by atoms with Crippen molar-refractivity contribution in [2.75, 3.05) is 13.1 Å². The summed E-state index contributed by atoms with van der Waals surface area (Å²) in [5.74, 6) is 0.402. The molecule has 0 saturated carbocycles. The molecule has 1 nitrogen and oxygen atoms in total. The number of hydrogen-bond acceptors (Lipinski definition) is 1. The van der Waals surface area contributed by atoms with Crippen molar-refractivity contribution in [3.05, 3.63) is 68.1 Å². The molecule has 0 aliphatic rings. The third-order valence-corrected chi connectivity index (χ3v) is 4.66. The van der Waals surface area contributed by atoms with Gasteiger partial charge in [0.15, 0.2) is 0 Å². The van der Waals surface area contributed by atoms with E-state index in [1.807, 2.05) is 24.3 Å². The molecule has 0 aliphatic heterocycles. The van der Waals surface area contributed by atoms with Gasteiger partial charge in [-0.25, -0.2) is 0 Å². The maximum Gasteiger partial charge on any atom is 0.0595 e. The van der Waals surface area contributed by atoms with E-state index in [9.17, 15) is 0 Å². The highest BCUT2D eigenvalue weighted by Crippen LogP contribution is 2.27. The first-order valence-electron chi connectivity index (χ1n) is 7.00. The Morgan fingerprint density at radius 2 is 1.90 bits per heavy atom. The molecule has 2 aromatic carbocycles. The van der Waals surface area contributed by atoms with E-state index in [2.05, 4.69) is 46.4 Å². The largest absolute Gasteiger partial charge is 0.316 e. The zero-order valence-electron chi connectivity index (χ0n) is 11.9. The Labute approximate surface area is 144 Å². The number of nitrogens with one attached hydrogen (secondary N) is 1. The minimum absolute atomic E-state index is 0.402. The molecule has 0 aromatic heterocycles. The lowest BCUT2D eigenvalue weighted by atomic mass is 9.92. The summed E-state index contributed by atoms with van der Waals surface area (Å²) in [5, 5.41) is 4.66. The molecule has 1 atom stereocenters. The summed E-state index contributed by atoms with van der Waals surface area (Å²) >= 11 is 15.7. The number of halogens is 3. The van der Waals surface area contributed by atoms with Gasteiger partial charge in [-0.2, -0.15) is 0 Å². The van der Waals surface area contributed by atoms with Crippen molar-refractivity contribution in [3.63, 3.8) is 0 Å². The smallest absolute Gasteiger partial charge is 0.0595 e. The molecule has 0 spiro atoms. The van der Waals surface area contributed by atoms with Crippen LogP contribution in [-0.2, 0) is 6.42 Å². The van der Waals surface area contributed by atoms with Crippen molar-refractivity contribution in [2.45, 2.75) is 19.3 Å². The van der Waals surface area contributed by atoms with Crippen LogP contribution in [0.15, 0.2) is 46.9 Å². The molecule has 2 aromatic rings. The van der Waals surface area contributed by atoms with Crippen LogP contribution >= 0.6 is 39.1 Å². The maximum atomic E-state index is 6.12. The average Bonchev–Trinajstić information content (AvgIpc) is 2.47. The molecule has 0 aliphatic carbocycles. The van der Waals surface area contributed by atoms with E-state index >= 15 is 0 Å². The summed E-state index contributed by atoms with van der Waals surface area (Å²) in [7, 11) is 0. The fourth-order valence-corrected chi connectivity index (χ4v) is 3.08. The van der Waals surface area contributed by atoms with Crippen molar-refractivity contribution in [1.29, 1.82) is 0 Å². The highest BCUT2D eigenvalue weighted by Gasteiger charge is 2.13. The van der Waals surface area contributed by atoms with Crippen molar-refractivity contribution < 1.29 is 0 Å². The molecular weight excluding hydrogens is 369 g/mol. The minimum Gasteiger partial charge on any atom is -0.316 e. The normalized spacial score (nSPS) is 12.4. The summed E-state index contributed by atoms with van der Waals surface area (Å²) < 4.78 is 1.11. The molecule has 0 heterocycles. The molecule has 0 bridgehead atoms. The van der Waals surface area contributed by atoms with Gasteiger partial charge in [0.25, 0.3) is 0 Å². The minimum atomic E-state index is 0.402. The Morgan fingerprint density at radius 1 is 1.10 bits per heavy atom. The Bertz CT molecular complexity index is 601. The Kier molecular flexibility index (Phi) is 6.56. The first-order valence-corrected chi connectivity index (χ1v) is 8.55. The summed E-state index contributed by atoms with van der Waals surface area (Å²) in [4.78, 5) is 0. The van der Waals surface area contributed by atoms with E-state index in [1.54, 1.807) is 0 Å². The van der Waals surface area contributed by atoms with Gasteiger partial charge in [-0.3, -0.25) is 0 Å². The molecule has 1 N–H and O–H groups in total. The predicted octanol–water partition coefficient (Wildman–Crippen LogP) is 5.69. The molecular formula is C17H18BrCl2N. The van der Waals surface area contributed by atoms with Gasteiger partial charge in [0.1, 0.15) is 0 Å². The SMILES string of the molecule is CCNCC(Cc1ccc(Cl)c(Cl)c1)c1cccc(Br)c1. The number of benzene rings is 2. The van der Waals surface area contributed by atoms with Crippen LogP contribution < -0.4 is 5.32 Å². The van der Waals surface area contributed by atoms with E-state index in [4.69, 9.17) is 23.2 Å². The summed E-state index contributed by atoms with van der Waals surface area (Å²) in [6.07, 6.45) is 0.931. The van der Waals surface area contributed by atoms with Gasteiger partial charge in [-0.1, -0.05) is 64.3 Å². The van der Waals surface area contributed by atoms with E-state index in [-0.39, 0.29) is 0 Å². The van der Waals surface area contributed by atoms with Crippen LogP contribution in [0.1, 0.15) is 24.0 Å².